The molecule has 130 valence electrons. The molecule has 1 aliphatic rings. The zero-order valence-corrected chi connectivity index (χ0v) is 14.9. The highest BCUT2D eigenvalue weighted by Crippen LogP contribution is 2.26. The third kappa shape index (κ3) is 4.02. The van der Waals surface area contributed by atoms with E-state index in [1.807, 2.05) is 12.1 Å². The molecule has 25 heavy (non-hydrogen) atoms. The molecule has 1 atom stereocenters. The summed E-state index contributed by atoms with van der Waals surface area (Å²) in [7, 11) is 0. The fourth-order valence-corrected chi connectivity index (χ4v) is 3.26. The molecule has 0 radical (unpaired) electrons. The number of nitrogens with one attached hydrogen (secondary N) is 1. The van der Waals surface area contributed by atoms with Crippen molar-refractivity contribution in [2.45, 2.75) is 19.8 Å². The second kappa shape index (κ2) is 7.70. The molecule has 1 N–H and O–H groups in total. The summed E-state index contributed by atoms with van der Waals surface area (Å²) in [5.74, 6) is -0.932. The minimum atomic E-state index is -0.604. The molecule has 0 saturated carbocycles. The van der Waals surface area contributed by atoms with E-state index in [1.54, 1.807) is 29.2 Å². The summed E-state index contributed by atoms with van der Waals surface area (Å²) in [5.41, 5.74) is 3.20. The summed E-state index contributed by atoms with van der Waals surface area (Å²) in [6, 6.07) is 15.2. The van der Waals surface area contributed by atoms with E-state index < -0.39 is 5.92 Å². The lowest BCUT2D eigenvalue weighted by Crippen LogP contribution is -2.37. The van der Waals surface area contributed by atoms with Crippen LogP contribution in [0.25, 0.3) is 0 Å². The Balaban J connectivity index is 1.55. The lowest BCUT2D eigenvalue weighted by Gasteiger charge is -2.17. The fraction of sp³-hybridized carbons (Fsp3) is 0.300. The smallest absolute Gasteiger partial charge is 0.239 e. The molecule has 1 saturated heterocycles. The maximum Gasteiger partial charge on any atom is 0.239 e. The molecule has 0 spiro atoms. The van der Waals surface area contributed by atoms with Crippen LogP contribution in [0.1, 0.15) is 17.5 Å². The average Bonchev–Trinajstić information content (AvgIpc) is 2.99. The summed E-state index contributed by atoms with van der Waals surface area (Å²) < 4.78 is 0. The number of carbonyl (C=O) groups excluding carboxylic acids is 2. The number of aryl methyl sites for hydroxylation is 1. The highest BCUT2D eigenvalue weighted by Gasteiger charge is 2.37. The molecule has 0 aromatic heterocycles. The van der Waals surface area contributed by atoms with Crippen molar-refractivity contribution in [3.05, 3.63) is 64.7 Å². The molecule has 2 amide bonds. The van der Waals surface area contributed by atoms with Crippen molar-refractivity contribution in [3.63, 3.8) is 0 Å². The van der Waals surface area contributed by atoms with Crippen LogP contribution >= 0.6 is 11.6 Å². The van der Waals surface area contributed by atoms with Gasteiger partial charge in [0, 0.05) is 23.8 Å². The summed E-state index contributed by atoms with van der Waals surface area (Å²) in [6.45, 7) is 3.15. The Morgan fingerprint density at radius 1 is 1.20 bits per heavy atom. The van der Waals surface area contributed by atoms with Crippen molar-refractivity contribution in [3.8, 4) is 0 Å². The zero-order valence-electron chi connectivity index (χ0n) is 14.2. The summed E-state index contributed by atoms with van der Waals surface area (Å²) in [5, 5.41) is 3.53. The van der Waals surface area contributed by atoms with Gasteiger partial charge in [-0.3, -0.25) is 9.59 Å². The van der Waals surface area contributed by atoms with E-state index in [9.17, 15) is 9.59 Å². The molecule has 0 unspecified atom stereocenters. The Kier molecular flexibility index (Phi) is 5.39. The normalized spacial score (nSPS) is 17.0. The van der Waals surface area contributed by atoms with Gasteiger partial charge in [0.25, 0.3) is 0 Å². The second-order valence-corrected chi connectivity index (χ2v) is 6.71. The maximum absolute atomic E-state index is 12.6. The first kappa shape index (κ1) is 17.5. The van der Waals surface area contributed by atoms with Gasteiger partial charge in [-0.2, -0.15) is 0 Å². The van der Waals surface area contributed by atoms with Crippen molar-refractivity contribution >= 4 is 29.1 Å². The van der Waals surface area contributed by atoms with Gasteiger partial charge in [0.05, 0.1) is 0 Å². The second-order valence-electron chi connectivity index (χ2n) is 6.28. The van der Waals surface area contributed by atoms with Gasteiger partial charge in [-0.25, -0.2) is 0 Å². The monoisotopic (exact) mass is 356 g/mol. The van der Waals surface area contributed by atoms with Gasteiger partial charge in [-0.05, 0) is 55.2 Å². The van der Waals surface area contributed by atoms with E-state index in [0.717, 1.165) is 12.1 Å². The first-order valence-corrected chi connectivity index (χ1v) is 8.83. The minimum Gasteiger partial charge on any atom is -0.355 e. The minimum absolute atomic E-state index is 0.143. The van der Waals surface area contributed by atoms with E-state index >= 15 is 0 Å². The van der Waals surface area contributed by atoms with Crippen LogP contribution in [0.3, 0.4) is 0 Å². The Morgan fingerprint density at radius 3 is 2.64 bits per heavy atom. The number of amides is 2. The highest BCUT2D eigenvalue weighted by atomic mass is 35.5. The lowest BCUT2D eigenvalue weighted by atomic mass is 10.1. The standard InChI is InChI=1S/C20H21ClN2O2/c1-14-4-2-3-5-15(14)10-12-22-19(24)18-11-13-23(20(18)25)17-8-6-16(21)7-9-17/h2-9,18H,10-13H2,1H3,(H,22,24)/t18-/m0/s1. The Bertz CT molecular complexity index is 774. The van der Waals surface area contributed by atoms with E-state index in [0.29, 0.717) is 24.5 Å². The van der Waals surface area contributed by atoms with Crippen molar-refractivity contribution in [1.82, 2.24) is 5.32 Å². The predicted molar refractivity (Wildman–Crippen MR) is 99.8 cm³/mol. The van der Waals surface area contributed by atoms with Crippen LogP contribution in [0.15, 0.2) is 48.5 Å². The largest absolute Gasteiger partial charge is 0.355 e. The van der Waals surface area contributed by atoms with Gasteiger partial charge >= 0.3 is 0 Å². The van der Waals surface area contributed by atoms with Gasteiger partial charge in [0.15, 0.2) is 0 Å². The van der Waals surface area contributed by atoms with Crippen molar-refractivity contribution in [2.24, 2.45) is 5.92 Å². The molecule has 1 fully saturated rings. The highest BCUT2D eigenvalue weighted by molar-refractivity contribution is 6.30. The van der Waals surface area contributed by atoms with Gasteiger partial charge in [-0.15, -0.1) is 0 Å². The fourth-order valence-electron chi connectivity index (χ4n) is 3.13. The third-order valence-corrected chi connectivity index (χ3v) is 4.87. The van der Waals surface area contributed by atoms with Crippen LogP contribution in [0.2, 0.25) is 5.02 Å². The van der Waals surface area contributed by atoms with Crippen LogP contribution in [0, 0.1) is 12.8 Å². The SMILES string of the molecule is Cc1ccccc1CCNC(=O)[C@@H]1CCN(c2ccc(Cl)cc2)C1=O. The van der Waals surface area contributed by atoms with Crippen LogP contribution in [0.4, 0.5) is 5.69 Å². The molecular formula is C20H21ClN2O2. The van der Waals surface area contributed by atoms with Crippen molar-refractivity contribution in [2.75, 3.05) is 18.0 Å². The quantitative estimate of drug-likeness (QED) is 0.835. The molecule has 2 aromatic rings. The molecule has 1 heterocycles. The first-order chi connectivity index (χ1) is 12.1. The van der Waals surface area contributed by atoms with Gasteiger partial charge in [-0.1, -0.05) is 35.9 Å². The number of nitrogens with zero attached hydrogens (tertiary/aromatic N) is 1. The zero-order chi connectivity index (χ0) is 17.8. The maximum atomic E-state index is 12.6. The number of carbonyl (C=O) groups is 2. The molecule has 1 aliphatic heterocycles. The molecule has 5 heteroatoms. The summed E-state index contributed by atoms with van der Waals surface area (Å²) >= 11 is 5.89. The number of rotatable bonds is 5. The Morgan fingerprint density at radius 2 is 1.92 bits per heavy atom. The average molecular weight is 357 g/mol. The lowest BCUT2D eigenvalue weighted by molar-refractivity contribution is -0.132. The van der Waals surface area contributed by atoms with Crippen LogP contribution in [-0.4, -0.2) is 24.9 Å². The van der Waals surface area contributed by atoms with Crippen LogP contribution in [0.5, 0.6) is 0 Å². The summed E-state index contributed by atoms with van der Waals surface area (Å²) in [6.07, 6.45) is 1.30. The number of benzene rings is 2. The molecule has 0 bridgehead atoms. The number of hydrogen-bond donors (Lipinski definition) is 1. The Labute approximate surface area is 152 Å². The topological polar surface area (TPSA) is 49.4 Å². The van der Waals surface area contributed by atoms with Crippen molar-refractivity contribution in [1.29, 1.82) is 0 Å². The molecule has 3 rings (SSSR count). The van der Waals surface area contributed by atoms with Crippen LogP contribution in [-0.2, 0) is 16.0 Å². The first-order valence-electron chi connectivity index (χ1n) is 8.45. The van der Waals surface area contributed by atoms with Gasteiger partial charge < -0.3 is 10.2 Å². The third-order valence-electron chi connectivity index (χ3n) is 4.62. The molecule has 2 aromatic carbocycles. The van der Waals surface area contributed by atoms with E-state index in [1.165, 1.54) is 11.1 Å². The molecule has 0 aliphatic carbocycles. The molecule has 4 nitrogen and oxygen atoms in total. The predicted octanol–water partition coefficient (Wildman–Crippen LogP) is 3.36. The van der Waals surface area contributed by atoms with Crippen molar-refractivity contribution < 1.29 is 9.59 Å². The van der Waals surface area contributed by atoms with Gasteiger partial charge in [0.2, 0.25) is 11.8 Å². The number of anilines is 1. The van der Waals surface area contributed by atoms with E-state index in [2.05, 4.69) is 24.4 Å². The Hall–Kier alpha value is -2.33. The molecular weight excluding hydrogens is 336 g/mol. The number of hydrogen-bond acceptors (Lipinski definition) is 2. The van der Waals surface area contributed by atoms with Gasteiger partial charge in [0.1, 0.15) is 5.92 Å². The van der Waals surface area contributed by atoms with Crippen LogP contribution < -0.4 is 10.2 Å². The van der Waals surface area contributed by atoms with E-state index in [4.69, 9.17) is 11.6 Å². The number of halogens is 1. The summed E-state index contributed by atoms with van der Waals surface area (Å²) in [4.78, 5) is 26.6. The van der Waals surface area contributed by atoms with E-state index in [-0.39, 0.29) is 11.8 Å².